The lowest BCUT2D eigenvalue weighted by molar-refractivity contribution is -0.384. The first kappa shape index (κ1) is 12.5. The number of benzene rings is 1. The van der Waals surface area contributed by atoms with E-state index in [0.29, 0.717) is 10.3 Å². The van der Waals surface area contributed by atoms with Crippen molar-refractivity contribution in [2.45, 2.75) is 19.8 Å². The van der Waals surface area contributed by atoms with Gasteiger partial charge in [-0.3, -0.25) is 15.2 Å². The summed E-state index contributed by atoms with van der Waals surface area (Å²) in [6.45, 7) is 4.06. The molecule has 0 saturated carbocycles. The van der Waals surface area contributed by atoms with Crippen LogP contribution in [0.15, 0.2) is 30.3 Å². The Kier molecular flexibility index (Phi) is 3.29. The normalized spacial score (nSPS) is 10.8. The van der Waals surface area contributed by atoms with E-state index < -0.39 is 4.92 Å². The second kappa shape index (κ2) is 4.73. The van der Waals surface area contributed by atoms with E-state index in [4.69, 9.17) is 12.2 Å². The van der Waals surface area contributed by atoms with Crippen LogP contribution in [0.25, 0.3) is 5.69 Å². The minimum Gasteiger partial charge on any atom is -0.297 e. The van der Waals surface area contributed by atoms with Crippen molar-refractivity contribution in [3.63, 3.8) is 0 Å². The van der Waals surface area contributed by atoms with Crippen LogP contribution in [-0.2, 0) is 0 Å². The van der Waals surface area contributed by atoms with E-state index in [1.807, 2.05) is 19.9 Å². The fourth-order valence-electron chi connectivity index (χ4n) is 1.70. The Morgan fingerprint density at radius 1 is 1.39 bits per heavy atom. The summed E-state index contributed by atoms with van der Waals surface area (Å²) in [4.78, 5) is 10.6. The van der Waals surface area contributed by atoms with Crippen LogP contribution in [0.2, 0.25) is 0 Å². The molecule has 0 amide bonds. The van der Waals surface area contributed by atoms with Gasteiger partial charge in [-0.25, -0.2) is 4.68 Å². The molecule has 0 atom stereocenters. The highest BCUT2D eigenvalue weighted by Gasteiger charge is 2.16. The SMILES string of the molecule is CC(C)c1cc(=S)n(-c2ccccc2[N+](=O)[O-])[nH]1. The van der Waals surface area contributed by atoms with E-state index >= 15 is 0 Å². The Labute approximate surface area is 109 Å². The first-order valence-electron chi connectivity index (χ1n) is 5.56. The summed E-state index contributed by atoms with van der Waals surface area (Å²) in [5.74, 6) is 0.288. The maximum absolute atomic E-state index is 11.0. The first-order valence-corrected chi connectivity index (χ1v) is 5.97. The van der Waals surface area contributed by atoms with Gasteiger partial charge in [-0.1, -0.05) is 38.2 Å². The quantitative estimate of drug-likeness (QED) is 0.523. The Morgan fingerprint density at radius 3 is 2.61 bits per heavy atom. The molecule has 0 aliphatic carbocycles. The van der Waals surface area contributed by atoms with E-state index in [-0.39, 0.29) is 11.6 Å². The second-order valence-corrected chi connectivity index (χ2v) is 4.70. The minimum absolute atomic E-state index is 0.0331. The van der Waals surface area contributed by atoms with Crippen LogP contribution in [0.4, 0.5) is 5.69 Å². The molecule has 18 heavy (non-hydrogen) atoms. The summed E-state index contributed by atoms with van der Waals surface area (Å²) in [6.07, 6.45) is 0. The number of nitrogens with zero attached hydrogens (tertiary/aromatic N) is 2. The van der Waals surface area contributed by atoms with Crippen LogP contribution < -0.4 is 0 Å². The number of aromatic nitrogens is 2. The highest BCUT2D eigenvalue weighted by molar-refractivity contribution is 7.71. The monoisotopic (exact) mass is 263 g/mol. The molecule has 1 heterocycles. The van der Waals surface area contributed by atoms with Crippen molar-refractivity contribution in [3.8, 4) is 5.69 Å². The molecule has 0 saturated heterocycles. The topological polar surface area (TPSA) is 63.9 Å². The van der Waals surface area contributed by atoms with Crippen LogP contribution in [-0.4, -0.2) is 14.7 Å². The predicted molar refractivity (Wildman–Crippen MR) is 71.7 cm³/mol. The molecule has 0 aliphatic rings. The highest BCUT2D eigenvalue weighted by Crippen LogP contribution is 2.23. The fourth-order valence-corrected chi connectivity index (χ4v) is 1.97. The zero-order valence-corrected chi connectivity index (χ0v) is 10.9. The van der Waals surface area contributed by atoms with E-state index in [1.54, 1.807) is 22.9 Å². The average Bonchev–Trinajstić information content (AvgIpc) is 2.71. The molecule has 94 valence electrons. The lowest BCUT2D eigenvalue weighted by atomic mass is 10.1. The number of nitrogens with one attached hydrogen (secondary N) is 1. The van der Waals surface area contributed by atoms with Gasteiger partial charge in [-0.15, -0.1) is 0 Å². The molecule has 0 radical (unpaired) electrons. The van der Waals surface area contributed by atoms with E-state index in [0.717, 1.165) is 5.69 Å². The number of rotatable bonds is 3. The first-order chi connectivity index (χ1) is 8.50. The number of nitro benzene ring substituents is 1. The van der Waals surface area contributed by atoms with Gasteiger partial charge in [-0.2, -0.15) is 0 Å². The smallest absolute Gasteiger partial charge is 0.294 e. The lowest BCUT2D eigenvalue weighted by Crippen LogP contribution is -2.02. The van der Waals surface area contributed by atoms with Crippen LogP contribution in [0.1, 0.15) is 25.5 Å². The second-order valence-electron chi connectivity index (χ2n) is 4.29. The van der Waals surface area contributed by atoms with Crippen LogP contribution >= 0.6 is 12.2 Å². The lowest BCUT2D eigenvalue weighted by Gasteiger charge is -2.05. The number of nitro groups is 1. The standard InChI is InChI=1S/C12H13N3O2S/c1-8(2)9-7-12(18)14(13-9)10-5-3-4-6-11(10)15(16)17/h3-8,13H,1-2H3. The zero-order chi connectivity index (χ0) is 13.3. The van der Waals surface area contributed by atoms with Crippen molar-refractivity contribution >= 4 is 17.9 Å². The summed E-state index contributed by atoms with van der Waals surface area (Å²) in [5.41, 5.74) is 1.45. The maximum Gasteiger partial charge on any atom is 0.294 e. The largest absolute Gasteiger partial charge is 0.297 e. The van der Waals surface area contributed by atoms with Crippen LogP contribution in [0.5, 0.6) is 0 Å². The summed E-state index contributed by atoms with van der Waals surface area (Å²) >= 11 is 5.23. The molecule has 2 aromatic rings. The molecule has 0 aliphatic heterocycles. The van der Waals surface area contributed by atoms with Crippen molar-refractivity contribution in [1.82, 2.24) is 9.78 Å². The van der Waals surface area contributed by atoms with Gasteiger partial charge in [0.15, 0.2) is 0 Å². The van der Waals surface area contributed by atoms with Crippen molar-refractivity contribution in [2.75, 3.05) is 0 Å². The molecular weight excluding hydrogens is 250 g/mol. The van der Waals surface area contributed by atoms with Gasteiger partial charge in [0.05, 0.1) is 4.92 Å². The Bertz CT molecular complexity index is 643. The van der Waals surface area contributed by atoms with Crippen molar-refractivity contribution < 1.29 is 4.92 Å². The molecule has 1 N–H and O–H groups in total. The van der Waals surface area contributed by atoms with E-state index in [9.17, 15) is 10.1 Å². The molecule has 2 rings (SSSR count). The zero-order valence-electron chi connectivity index (χ0n) is 10.1. The fraction of sp³-hybridized carbons (Fsp3) is 0.250. The molecular formula is C12H13N3O2S. The molecule has 0 fully saturated rings. The van der Waals surface area contributed by atoms with Crippen LogP contribution in [0.3, 0.4) is 0 Å². The minimum atomic E-state index is -0.410. The molecule has 1 aromatic heterocycles. The van der Waals surface area contributed by atoms with Crippen molar-refractivity contribution in [2.24, 2.45) is 0 Å². The maximum atomic E-state index is 11.0. The molecule has 6 heteroatoms. The van der Waals surface area contributed by atoms with Gasteiger partial charge < -0.3 is 0 Å². The third-order valence-electron chi connectivity index (χ3n) is 2.68. The van der Waals surface area contributed by atoms with Crippen molar-refractivity contribution in [1.29, 1.82) is 0 Å². The number of H-pyrrole nitrogens is 1. The third-order valence-corrected chi connectivity index (χ3v) is 2.98. The van der Waals surface area contributed by atoms with E-state index in [1.165, 1.54) is 6.07 Å². The van der Waals surface area contributed by atoms with Gasteiger partial charge in [-0.05, 0) is 18.1 Å². The molecule has 0 spiro atoms. The summed E-state index contributed by atoms with van der Waals surface area (Å²) in [5, 5.41) is 14.1. The number of aromatic amines is 1. The Morgan fingerprint density at radius 2 is 2.06 bits per heavy atom. The van der Waals surface area contributed by atoms with E-state index in [2.05, 4.69) is 5.10 Å². The average molecular weight is 263 g/mol. The van der Waals surface area contributed by atoms with Crippen molar-refractivity contribution in [3.05, 3.63) is 50.8 Å². The van der Waals surface area contributed by atoms with Crippen LogP contribution in [0, 0.1) is 14.8 Å². The summed E-state index contributed by atoms with van der Waals surface area (Å²) < 4.78 is 2.11. The summed E-state index contributed by atoms with van der Waals surface area (Å²) in [6, 6.07) is 8.36. The molecule has 0 bridgehead atoms. The van der Waals surface area contributed by atoms with Gasteiger partial charge in [0.25, 0.3) is 5.69 Å². The van der Waals surface area contributed by atoms with Gasteiger partial charge >= 0.3 is 0 Å². The number of hydrogen-bond donors (Lipinski definition) is 1. The van der Waals surface area contributed by atoms with Gasteiger partial charge in [0.1, 0.15) is 10.3 Å². The summed E-state index contributed by atoms with van der Waals surface area (Å²) in [7, 11) is 0. The predicted octanol–water partition coefficient (Wildman–Crippen LogP) is 3.57. The van der Waals surface area contributed by atoms with Gasteiger partial charge in [0.2, 0.25) is 0 Å². The molecule has 1 aromatic carbocycles. The molecule has 0 unspecified atom stereocenters. The Hall–Kier alpha value is -1.95. The third kappa shape index (κ3) is 2.19. The van der Waals surface area contributed by atoms with Gasteiger partial charge in [0, 0.05) is 11.8 Å². The molecule has 5 nitrogen and oxygen atoms in total. The Balaban J connectivity index is 2.62. The number of para-hydroxylation sites is 2. The number of hydrogen-bond acceptors (Lipinski definition) is 3. The highest BCUT2D eigenvalue weighted by atomic mass is 32.1.